The number of fused-ring (bicyclic) bond motifs is 5. The molecule has 5 aromatic carbocycles. The zero-order chi connectivity index (χ0) is 99.1. The molecule has 0 spiro atoms. The Morgan fingerprint density at radius 1 is 0.258 bits per heavy atom. The van der Waals surface area contributed by atoms with Gasteiger partial charge >= 0.3 is 0 Å². The summed E-state index contributed by atoms with van der Waals surface area (Å²) in [5, 5.41) is 33.5. The molecule has 0 fully saturated rings. The zero-order valence-electron chi connectivity index (χ0n) is 87.4. The molecule has 9 heterocycles. The quantitative estimate of drug-likeness (QED) is 0.106. The maximum absolute atomic E-state index is 5.28. The summed E-state index contributed by atoms with van der Waals surface area (Å²) in [6.45, 7) is 105. The third-order valence-electron chi connectivity index (χ3n) is 9.99. The molecule has 14 rings (SSSR count). The third kappa shape index (κ3) is 92.4. The Morgan fingerprint density at radius 3 is 0.734 bits per heavy atom. The van der Waals surface area contributed by atoms with Gasteiger partial charge in [0.2, 0.25) is 0 Å². The van der Waals surface area contributed by atoms with Crippen molar-refractivity contribution in [3.05, 3.63) is 307 Å². The number of pyridine rings is 1. The molecule has 0 bridgehead atoms. The van der Waals surface area contributed by atoms with Gasteiger partial charge in [-0.05, 0) is 104 Å². The van der Waals surface area contributed by atoms with Crippen molar-refractivity contribution in [2.24, 2.45) is 0 Å². The van der Waals surface area contributed by atoms with Crippen LogP contribution in [0.2, 0.25) is 0 Å². The first kappa shape index (κ1) is 169. The van der Waals surface area contributed by atoms with E-state index in [-0.39, 0.29) is 131 Å². The summed E-state index contributed by atoms with van der Waals surface area (Å²) < 4.78 is 25.8. The van der Waals surface area contributed by atoms with Crippen LogP contribution in [0.4, 0.5) is 0 Å². The Morgan fingerprint density at radius 2 is 0.508 bits per heavy atom. The van der Waals surface area contributed by atoms with Gasteiger partial charge in [-0.2, -0.15) is 82.0 Å². The standard InChI is InChI=1S/C14H8N2O.C14H8N2S.C8H6S2.C6H5N3.C6H4N2O.C6H4N2S.C5H5N.C4H4S.21C2H6.4Y/c2*1-3-5-7-11-9-10-12(8-6-4-2)14-13(11)15-17-16-14;1-3-7(9-5-1)8-4-2-6-10-8;3*1-2-4-6-5(3-1)7-9-8-6;1-2-4-6-5-3-1;1-2-4-5-3-1;21*1-2;;;;/h2*1-6,9-10H;1-6H;1-4H,(H,7,8,9);2*1-4H;1-5H;1-4H;21*1-2H3;;;;/q2*-4;;;;;;;;;;;;;;;;;;;;;;;;;;;;;;;. The van der Waals surface area contributed by atoms with Crippen molar-refractivity contribution in [2.75, 3.05) is 0 Å². The first-order valence-electron chi connectivity index (χ1n) is 45.1. The smallest absolute Gasteiger partial charge is 0.135 e. The van der Waals surface area contributed by atoms with Gasteiger partial charge < -0.3 is 50.6 Å². The molecule has 0 unspecified atom stereocenters. The number of nitrogens with zero attached hydrogens (tertiary/aromatic N) is 11. The minimum Gasteiger partial charge on any atom is -0.344 e. The number of aromatic nitrogens is 12. The number of para-hydroxylation sites is 2. The number of hydrogen-bond donors (Lipinski definition) is 1. The Bertz CT molecular complexity index is 3680. The number of rotatable bonds is 9. The van der Waals surface area contributed by atoms with E-state index in [4.69, 9.17) is 30.9 Å². The van der Waals surface area contributed by atoms with E-state index in [9.17, 15) is 0 Å². The normalized spacial score (nSPS) is 7.67. The second kappa shape index (κ2) is 162. The van der Waals surface area contributed by atoms with Crippen molar-refractivity contribution in [1.82, 2.24) is 58.5 Å². The fraction of sp³-hybridized carbons (Fsp3) is 0.400. The van der Waals surface area contributed by atoms with Crippen molar-refractivity contribution >= 4 is 113 Å². The molecule has 14 aromatic rings. The van der Waals surface area contributed by atoms with Crippen LogP contribution < -0.4 is 0 Å². The van der Waals surface area contributed by atoms with E-state index in [1.165, 1.54) is 45.8 Å². The van der Waals surface area contributed by atoms with Crippen molar-refractivity contribution in [3.8, 4) is 9.75 Å². The maximum Gasteiger partial charge on any atom is 0.135 e. The summed E-state index contributed by atoms with van der Waals surface area (Å²) in [6, 6.07) is 48.7. The van der Waals surface area contributed by atoms with Crippen LogP contribution in [-0.4, -0.2) is 58.5 Å². The molecule has 0 aliphatic carbocycles. The van der Waals surface area contributed by atoms with Gasteiger partial charge in [-0.15, -0.1) is 33.0 Å². The minimum atomic E-state index is 0. The molecule has 23 heteroatoms. The van der Waals surface area contributed by atoms with Crippen LogP contribution in [0.5, 0.6) is 0 Å². The Labute approximate surface area is 907 Å². The number of allylic oxidation sites excluding steroid dienone is 8. The molecule has 0 saturated heterocycles. The van der Waals surface area contributed by atoms with E-state index in [1.807, 2.05) is 429 Å². The third-order valence-corrected chi connectivity index (χ3v) is 13.6. The molecule has 14 nitrogen and oxygen atoms in total. The van der Waals surface area contributed by atoms with E-state index in [0.717, 1.165) is 78.1 Å². The van der Waals surface area contributed by atoms with Gasteiger partial charge in [-0.25, -0.2) is 37.7 Å². The number of nitrogens with one attached hydrogen (secondary N) is 1. The van der Waals surface area contributed by atoms with Crippen LogP contribution in [-0.2, 0) is 131 Å². The van der Waals surface area contributed by atoms with E-state index >= 15 is 0 Å². The van der Waals surface area contributed by atoms with E-state index in [2.05, 4.69) is 122 Å². The molecule has 9 aromatic heterocycles. The second-order valence-electron chi connectivity index (χ2n) is 15.3. The van der Waals surface area contributed by atoms with Gasteiger partial charge in [0, 0.05) is 176 Å². The number of thiophene rings is 3. The first-order valence-corrected chi connectivity index (χ1v) is 49.3. The van der Waals surface area contributed by atoms with E-state index in [0.29, 0.717) is 11.0 Å². The summed E-state index contributed by atoms with van der Waals surface area (Å²) in [5.74, 6) is 0. The second-order valence-corrected chi connectivity index (χ2v) is 19.1. The first-order chi connectivity index (χ1) is 61.6. The Kier molecular flexibility index (Phi) is 213. The van der Waals surface area contributed by atoms with Gasteiger partial charge in [0.1, 0.15) is 33.1 Å². The van der Waals surface area contributed by atoms with Crippen molar-refractivity contribution in [1.29, 1.82) is 0 Å². The summed E-state index contributed by atoms with van der Waals surface area (Å²) in [5.41, 5.74) is 11.4. The summed E-state index contributed by atoms with van der Waals surface area (Å²) >= 11 is 7.71. The molecule has 712 valence electrons. The minimum absolute atomic E-state index is 0. The van der Waals surface area contributed by atoms with Crippen molar-refractivity contribution < 1.29 is 140 Å². The predicted molar refractivity (Wildman–Crippen MR) is 570 cm³/mol. The SMILES string of the molecule is CC.CC.CC.CC.CC.CC.CC.CC.CC.CC.CC.CC.CC.CC.CC.CC.CC.CC.CC.CC.CC.[CH-]=CC=[C-]c1ccc([C-]=CC=[CH-])c2nonc12.[CH-]=CC=[C-]c1ccc([C-]=CC=[CH-])c2nsnc12.[Y].[Y].[Y].[Y].c1ccc2n[nH]nc2c1.c1ccc2nonc2c1.c1ccc2nsnc2c1.c1ccncc1.c1ccsc1.c1csc(-c2cccs2)c1. The summed E-state index contributed by atoms with van der Waals surface area (Å²) in [6.07, 6.45) is 27.6. The molecule has 0 atom stereocenters. The van der Waals surface area contributed by atoms with Crippen LogP contribution in [0.1, 0.15) is 313 Å². The predicted octanol–water partition coefficient (Wildman–Crippen LogP) is 37.4. The van der Waals surface area contributed by atoms with Gasteiger partial charge in [0.25, 0.3) is 0 Å². The van der Waals surface area contributed by atoms with Crippen LogP contribution in [0.15, 0.2) is 243 Å². The summed E-state index contributed by atoms with van der Waals surface area (Å²) in [7, 11) is 0. The number of aromatic amines is 1. The monoisotopic (exact) mass is 2150 g/mol. The van der Waals surface area contributed by atoms with Gasteiger partial charge in [0.15, 0.2) is 0 Å². The molecule has 0 aliphatic rings. The average Bonchev–Trinajstić information content (AvgIpc) is 1.66. The largest absolute Gasteiger partial charge is 0.344 e. The van der Waals surface area contributed by atoms with Gasteiger partial charge in [-0.3, -0.25) is 33.9 Å². The maximum atomic E-state index is 5.28. The molecule has 0 saturated carbocycles. The average molecular weight is 2150 g/mol. The zero-order valence-corrected chi connectivity index (χ0v) is 103. The summed E-state index contributed by atoms with van der Waals surface area (Å²) in [4.78, 5) is 6.53. The number of hydrogen-bond acceptors (Lipinski definition) is 18. The van der Waals surface area contributed by atoms with Crippen LogP contribution in [0.25, 0.3) is 64.9 Å². The molecule has 1 N–H and O–H groups in total. The van der Waals surface area contributed by atoms with Crippen molar-refractivity contribution in [2.45, 2.75) is 291 Å². The molecular formula is C105H170N12O2S5Y4-8. The van der Waals surface area contributed by atoms with Crippen LogP contribution in [0, 0.1) is 50.6 Å². The Hall–Kier alpha value is -5.47. The van der Waals surface area contributed by atoms with Gasteiger partial charge in [0.05, 0.1) is 11.7 Å². The number of H-pyrrole nitrogens is 1. The molecule has 0 amide bonds. The van der Waals surface area contributed by atoms with Crippen LogP contribution in [0.3, 0.4) is 0 Å². The Balaban J connectivity index is -0.0000000594. The fourth-order valence-corrected chi connectivity index (χ4v) is 9.50. The molecule has 4 radical (unpaired) electrons. The van der Waals surface area contributed by atoms with Gasteiger partial charge in [-0.1, -0.05) is 358 Å². The van der Waals surface area contributed by atoms with E-state index in [1.54, 1.807) is 70.7 Å². The molecule has 0 aliphatic heterocycles. The van der Waals surface area contributed by atoms with Crippen LogP contribution >= 0.6 is 57.5 Å². The van der Waals surface area contributed by atoms with Crippen molar-refractivity contribution in [3.63, 3.8) is 0 Å². The molecular weight excluding hydrogens is 1980 g/mol. The number of benzene rings is 5. The van der Waals surface area contributed by atoms with E-state index < -0.39 is 0 Å². The fourth-order valence-electron chi connectivity index (χ4n) is 6.37. The topological polar surface area (TPSA) is 184 Å². The molecule has 128 heavy (non-hydrogen) atoms.